The second-order valence-electron chi connectivity index (χ2n) is 4.10. The summed E-state index contributed by atoms with van der Waals surface area (Å²) in [4.78, 5) is 0. The van der Waals surface area contributed by atoms with Gasteiger partial charge in [0.05, 0.1) is 27.2 Å². The van der Waals surface area contributed by atoms with E-state index in [0.29, 0.717) is 0 Å². The minimum absolute atomic E-state index is 0.755. The highest BCUT2D eigenvalue weighted by molar-refractivity contribution is 4.53. The summed E-state index contributed by atoms with van der Waals surface area (Å²) in [5.41, 5.74) is 0. The molecule has 0 saturated carbocycles. The minimum atomic E-state index is 0.755. The van der Waals surface area contributed by atoms with E-state index >= 15 is 0 Å². The lowest BCUT2D eigenvalue weighted by molar-refractivity contribution is -0.897. The zero-order valence-electron chi connectivity index (χ0n) is 7.60. The third kappa shape index (κ3) is 2.85. The van der Waals surface area contributed by atoms with Gasteiger partial charge in [0.1, 0.15) is 0 Å². The van der Waals surface area contributed by atoms with Crippen molar-refractivity contribution >= 4 is 0 Å². The van der Waals surface area contributed by atoms with Gasteiger partial charge in [-0.3, -0.25) is 0 Å². The van der Waals surface area contributed by atoms with E-state index in [2.05, 4.69) is 41.9 Å². The highest BCUT2D eigenvalue weighted by atomic mass is 15.3. The summed E-state index contributed by atoms with van der Waals surface area (Å²) in [5, 5.41) is 0. The Morgan fingerprint density at radius 2 is 1.22 bits per heavy atom. The van der Waals surface area contributed by atoms with Crippen LogP contribution in [-0.4, -0.2) is 31.7 Å². The Balaban J connectivity index is 3.88. The predicted molar refractivity (Wildman–Crippen MR) is 42.3 cm³/mol. The summed E-state index contributed by atoms with van der Waals surface area (Å²) >= 11 is 0. The van der Waals surface area contributed by atoms with Gasteiger partial charge in [-0.2, -0.15) is 0 Å². The molecule has 56 valence electrons. The molecule has 0 amide bonds. The first-order chi connectivity index (χ1) is 3.85. The van der Waals surface area contributed by atoms with Crippen LogP contribution < -0.4 is 0 Å². The van der Waals surface area contributed by atoms with E-state index in [0.717, 1.165) is 16.4 Å². The first kappa shape index (κ1) is 8.96. The Hall–Kier alpha value is -0.0400. The summed E-state index contributed by atoms with van der Waals surface area (Å²) < 4.78 is 1.07. The molecule has 0 aliphatic carbocycles. The van der Waals surface area contributed by atoms with E-state index in [4.69, 9.17) is 0 Å². The normalized spacial score (nSPS) is 16.3. The van der Waals surface area contributed by atoms with Crippen LogP contribution in [0.15, 0.2) is 0 Å². The van der Waals surface area contributed by atoms with Crippen molar-refractivity contribution in [3.05, 3.63) is 0 Å². The second kappa shape index (κ2) is 2.70. The molecular weight excluding hydrogens is 110 g/mol. The topological polar surface area (TPSA) is 0 Å². The Morgan fingerprint density at radius 1 is 0.889 bits per heavy atom. The molecule has 0 aromatic heterocycles. The van der Waals surface area contributed by atoms with Crippen LogP contribution in [0.4, 0.5) is 0 Å². The zero-order valence-corrected chi connectivity index (χ0v) is 7.60. The van der Waals surface area contributed by atoms with Crippen LogP contribution >= 0.6 is 0 Å². The third-order valence-corrected chi connectivity index (χ3v) is 2.19. The monoisotopic (exact) mass is 130 g/mol. The molecule has 9 heavy (non-hydrogen) atoms. The van der Waals surface area contributed by atoms with E-state index in [9.17, 15) is 0 Å². The van der Waals surface area contributed by atoms with Gasteiger partial charge in [-0.1, -0.05) is 13.8 Å². The predicted octanol–water partition coefficient (Wildman–Crippen LogP) is 1.74. The second-order valence-corrected chi connectivity index (χ2v) is 4.10. The molecule has 1 nitrogen and oxygen atoms in total. The molecule has 1 atom stereocenters. The van der Waals surface area contributed by atoms with Gasteiger partial charge in [0.15, 0.2) is 0 Å². The average Bonchev–Trinajstić information content (AvgIpc) is 1.62. The molecule has 0 aliphatic rings. The van der Waals surface area contributed by atoms with Gasteiger partial charge < -0.3 is 4.48 Å². The lowest BCUT2D eigenvalue weighted by atomic mass is 10.0. The number of nitrogens with zero attached hydrogens (tertiary/aromatic N) is 1. The molecule has 0 radical (unpaired) electrons. The Morgan fingerprint density at radius 3 is 1.22 bits per heavy atom. The van der Waals surface area contributed by atoms with E-state index in [1.54, 1.807) is 0 Å². The van der Waals surface area contributed by atoms with Gasteiger partial charge in [0, 0.05) is 5.92 Å². The average molecular weight is 130 g/mol. The first-order valence-corrected chi connectivity index (χ1v) is 3.67. The molecule has 0 fully saturated rings. The molecule has 0 aromatic carbocycles. The Bertz CT molecular complexity index is 79.1. The quantitative estimate of drug-likeness (QED) is 0.499. The fraction of sp³-hybridized carbons (Fsp3) is 1.00. The molecular formula is C8H20N+. The fourth-order valence-corrected chi connectivity index (χ4v) is 0.894. The maximum atomic E-state index is 2.30. The molecule has 0 heterocycles. The van der Waals surface area contributed by atoms with Crippen molar-refractivity contribution in [3.63, 3.8) is 0 Å². The fourth-order valence-electron chi connectivity index (χ4n) is 0.894. The maximum absolute atomic E-state index is 2.30. The molecule has 0 spiro atoms. The van der Waals surface area contributed by atoms with Gasteiger partial charge in [-0.25, -0.2) is 0 Å². The molecule has 0 bridgehead atoms. The standard InChI is InChI=1S/C8H20N/c1-7(2)8(3)9(4,5)6/h7-8H,1-6H3/q+1. The van der Waals surface area contributed by atoms with Crippen molar-refractivity contribution in [3.8, 4) is 0 Å². The third-order valence-electron chi connectivity index (χ3n) is 2.19. The van der Waals surface area contributed by atoms with Crippen LogP contribution in [-0.2, 0) is 0 Å². The summed E-state index contributed by atoms with van der Waals surface area (Å²) in [7, 11) is 6.72. The molecule has 1 unspecified atom stereocenters. The Labute approximate surface area is 59.3 Å². The minimum Gasteiger partial charge on any atom is -0.329 e. The van der Waals surface area contributed by atoms with Crippen LogP contribution in [0.1, 0.15) is 20.8 Å². The number of hydrogen-bond donors (Lipinski definition) is 0. The van der Waals surface area contributed by atoms with Crippen LogP contribution in [0.5, 0.6) is 0 Å². The van der Waals surface area contributed by atoms with E-state index in [1.807, 2.05) is 0 Å². The number of rotatable bonds is 2. The van der Waals surface area contributed by atoms with Gasteiger partial charge in [0.25, 0.3) is 0 Å². The summed E-state index contributed by atoms with van der Waals surface area (Å²) in [6.07, 6.45) is 0. The van der Waals surface area contributed by atoms with Gasteiger partial charge >= 0.3 is 0 Å². The Kier molecular flexibility index (Phi) is 2.68. The highest BCUT2D eigenvalue weighted by Gasteiger charge is 2.20. The smallest absolute Gasteiger partial charge is 0.0878 e. The van der Waals surface area contributed by atoms with Crippen molar-refractivity contribution < 1.29 is 4.48 Å². The summed E-state index contributed by atoms with van der Waals surface area (Å²) in [5.74, 6) is 0.782. The van der Waals surface area contributed by atoms with E-state index in [-0.39, 0.29) is 0 Å². The van der Waals surface area contributed by atoms with E-state index in [1.165, 1.54) is 0 Å². The molecule has 1 heteroatoms. The van der Waals surface area contributed by atoms with Crippen molar-refractivity contribution in [1.29, 1.82) is 0 Å². The summed E-state index contributed by atoms with van der Waals surface area (Å²) in [6.45, 7) is 6.84. The van der Waals surface area contributed by atoms with Crippen LogP contribution in [0.3, 0.4) is 0 Å². The van der Waals surface area contributed by atoms with Crippen LogP contribution in [0.2, 0.25) is 0 Å². The van der Waals surface area contributed by atoms with Gasteiger partial charge in [0.2, 0.25) is 0 Å². The number of hydrogen-bond acceptors (Lipinski definition) is 0. The number of quaternary nitrogens is 1. The van der Waals surface area contributed by atoms with Crippen molar-refractivity contribution in [1.82, 2.24) is 0 Å². The van der Waals surface area contributed by atoms with Crippen molar-refractivity contribution in [2.24, 2.45) is 5.92 Å². The summed E-state index contributed by atoms with van der Waals surface area (Å²) in [6, 6.07) is 0.755. The van der Waals surface area contributed by atoms with Gasteiger partial charge in [-0.15, -0.1) is 0 Å². The highest BCUT2D eigenvalue weighted by Crippen LogP contribution is 2.11. The molecule has 0 saturated heterocycles. The maximum Gasteiger partial charge on any atom is 0.0878 e. The lowest BCUT2D eigenvalue weighted by Gasteiger charge is -2.34. The van der Waals surface area contributed by atoms with Crippen molar-refractivity contribution in [2.75, 3.05) is 21.1 Å². The molecule has 0 aromatic rings. The van der Waals surface area contributed by atoms with E-state index < -0.39 is 0 Å². The zero-order chi connectivity index (χ0) is 7.65. The largest absolute Gasteiger partial charge is 0.329 e. The lowest BCUT2D eigenvalue weighted by Crippen LogP contribution is -2.45. The molecule has 0 N–H and O–H groups in total. The van der Waals surface area contributed by atoms with Gasteiger partial charge in [-0.05, 0) is 6.92 Å². The first-order valence-electron chi connectivity index (χ1n) is 3.67. The molecule has 0 rings (SSSR count). The van der Waals surface area contributed by atoms with Crippen molar-refractivity contribution in [2.45, 2.75) is 26.8 Å². The van der Waals surface area contributed by atoms with Crippen LogP contribution in [0.25, 0.3) is 0 Å². The van der Waals surface area contributed by atoms with Crippen LogP contribution in [0, 0.1) is 5.92 Å². The SMILES string of the molecule is CC(C)C(C)[N+](C)(C)C. The molecule has 0 aliphatic heterocycles.